The standard InChI is InChI=1S/C18H24N4OS/c1-12(11-14-7-4-3-5-8-14)21-17(23)15-13(2)22-18(24-15)16-19-9-6-10-20-16/h6,9-10,12,14H,3-5,7-8,11H2,1-2H3,(H,21,23)/t12-/m1/s1. The van der Waals surface area contributed by atoms with E-state index in [1.807, 2.05) is 6.92 Å². The lowest BCUT2D eigenvalue weighted by Gasteiger charge is -2.25. The summed E-state index contributed by atoms with van der Waals surface area (Å²) in [7, 11) is 0. The first-order chi connectivity index (χ1) is 11.6. The normalized spacial score (nSPS) is 16.8. The molecule has 0 saturated heterocycles. The molecular weight excluding hydrogens is 320 g/mol. The van der Waals surface area contributed by atoms with E-state index < -0.39 is 0 Å². The smallest absolute Gasteiger partial charge is 0.263 e. The number of amides is 1. The van der Waals surface area contributed by atoms with Crippen molar-refractivity contribution in [2.45, 2.75) is 58.4 Å². The second kappa shape index (κ2) is 7.83. The molecule has 0 radical (unpaired) electrons. The van der Waals surface area contributed by atoms with Crippen molar-refractivity contribution in [3.63, 3.8) is 0 Å². The molecule has 0 aromatic carbocycles. The van der Waals surface area contributed by atoms with Gasteiger partial charge in [-0.3, -0.25) is 4.79 Å². The Morgan fingerprint density at radius 2 is 2.00 bits per heavy atom. The van der Waals surface area contributed by atoms with Gasteiger partial charge in [0.15, 0.2) is 10.8 Å². The molecule has 0 unspecified atom stereocenters. The highest BCUT2D eigenvalue weighted by Crippen LogP contribution is 2.28. The minimum atomic E-state index is -0.0320. The average Bonchev–Trinajstić information content (AvgIpc) is 2.98. The fourth-order valence-corrected chi connectivity index (χ4v) is 4.30. The number of thiazole rings is 1. The molecule has 1 fully saturated rings. The van der Waals surface area contributed by atoms with E-state index in [4.69, 9.17) is 0 Å². The Morgan fingerprint density at radius 3 is 2.71 bits per heavy atom. The summed E-state index contributed by atoms with van der Waals surface area (Å²) in [6.45, 7) is 3.97. The van der Waals surface area contributed by atoms with E-state index in [0.29, 0.717) is 15.7 Å². The van der Waals surface area contributed by atoms with Gasteiger partial charge in [-0.2, -0.15) is 0 Å². The molecule has 0 bridgehead atoms. The second-order valence-corrected chi connectivity index (χ2v) is 7.62. The van der Waals surface area contributed by atoms with Crippen LogP contribution >= 0.6 is 11.3 Å². The first-order valence-corrected chi connectivity index (χ1v) is 9.51. The Kier molecular flexibility index (Phi) is 5.56. The minimum absolute atomic E-state index is 0.0320. The highest BCUT2D eigenvalue weighted by Gasteiger charge is 2.21. The molecule has 3 rings (SSSR count). The zero-order valence-corrected chi connectivity index (χ0v) is 15.1. The van der Waals surface area contributed by atoms with Gasteiger partial charge in [-0.1, -0.05) is 32.1 Å². The van der Waals surface area contributed by atoms with Crippen LogP contribution < -0.4 is 5.32 Å². The summed E-state index contributed by atoms with van der Waals surface area (Å²) in [4.78, 5) is 26.1. The van der Waals surface area contributed by atoms with E-state index in [-0.39, 0.29) is 11.9 Å². The Labute approximate surface area is 147 Å². The number of aryl methyl sites for hydroxylation is 1. The topological polar surface area (TPSA) is 67.8 Å². The monoisotopic (exact) mass is 344 g/mol. The van der Waals surface area contributed by atoms with Gasteiger partial charge in [0.2, 0.25) is 0 Å². The maximum Gasteiger partial charge on any atom is 0.263 e. The van der Waals surface area contributed by atoms with Crippen molar-refractivity contribution in [1.82, 2.24) is 20.3 Å². The zero-order valence-electron chi connectivity index (χ0n) is 14.3. The van der Waals surface area contributed by atoms with E-state index in [0.717, 1.165) is 18.0 Å². The van der Waals surface area contributed by atoms with Crippen molar-refractivity contribution in [2.24, 2.45) is 5.92 Å². The van der Waals surface area contributed by atoms with Gasteiger partial charge < -0.3 is 5.32 Å². The fraction of sp³-hybridized carbons (Fsp3) is 0.556. The van der Waals surface area contributed by atoms with Crippen LogP contribution in [0.2, 0.25) is 0 Å². The van der Waals surface area contributed by atoms with Gasteiger partial charge >= 0.3 is 0 Å². The predicted molar refractivity (Wildman–Crippen MR) is 96.0 cm³/mol. The number of aromatic nitrogens is 3. The van der Waals surface area contributed by atoms with Crippen LogP contribution in [-0.2, 0) is 0 Å². The number of rotatable bonds is 5. The average molecular weight is 344 g/mol. The molecule has 24 heavy (non-hydrogen) atoms. The van der Waals surface area contributed by atoms with E-state index in [9.17, 15) is 4.79 Å². The van der Waals surface area contributed by atoms with Gasteiger partial charge in [0, 0.05) is 18.4 Å². The van der Waals surface area contributed by atoms with Gasteiger partial charge in [0.1, 0.15) is 4.88 Å². The number of carbonyl (C=O) groups is 1. The molecular formula is C18H24N4OS. The van der Waals surface area contributed by atoms with E-state index in [2.05, 4.69) is 27.2 Å². The molecule has 2 aromatic rings. The Hall–Kier alpha value is -1.82. The van der Waals surface area contributed by atoms with E-state index >= 15 is 0 Å². The van der Waals surface area contributed by atoms with E-state index in [1.54, 1.807) is 18.5 Å². The number of carbonyl (C=O) groups excluding carboxylic acids is 1. The highest BCUT2D eigenvalue weighted by atomic mass is 32.1. The van der Waals surface area contributed by atoms with Crippen LogP contribution in [0.3, 0.4) is 0 Å². The van der Waals surface area contributed by atoms with Crippen LogP contribution in [0.25, 0.3) is 10.8 Å². The molecule has 1 N–H and O–H groups in total. The molecule has 1 saturated carbocycles. The van der Waals surface area contributed by atoms with Gasteiger partial charge in [-0.25, -0.2) is 15.0 Å². The third kappa shape index (κ3) is 4.17. The third-order valence-electron chi connectivity index (χ3n) is 4.55. The first kappa shape index (κ1) is 17.0. The number of nitrogens with zero attached hydrogens (tertiary/aromatic N) is 3. The Bertz CT molecular complexity index is 680. The van der Waals surface area contributed by atoms with Crippen LogP contribution in [0.4, 0.5) is 0 Å². The molecule has 6 heteroatoms. The summed E-state index contributed by atoms with van der Waals surface area (Å²) in [6, 6.07) is 1.96. The maximum absolute atomic E-state index is 12.6. The minimum Gasteiger partial charge on any atom is -0.349 e. The molecule has 1 atom stereocenters. The number of hydrogen-bond acceptors (Lipinski definition) is 5. The first-order valence-electron chi connectivity index (χ1n) is 8.69. The third-order valence-corrected chi connectivity index (χ3v) is 5.70. The predicted octanol–water partition coefficient (Wildman–Crippen LogP) is 4.00. The van der Waals surface area contributed by atoms with Gasteiger partial charge in [0.05, 0.1) is 5.69 Å². The van der Waals surface area contributed by atoms with Crippen LogP contribution in [0.15, 0.2) is 18.5 Å². The summed E-state index contributed by atoms with van der Waals surface area (Å²) in [5, 5.41) is 3.83. The molecule has 2 heterocycles. The molecule has 2 aromatic heterocycles. The molecule has 1 amide bonds. The Balaban J connectivity index is 1.63. The van der Waals surface area contributed by atoms with Crippen molar-refractivity contribution in [3.05, 3.63) is 29.0 Å². The van der Waals surface area contributed by atoms with Crippen molar-refractivity contribution >= 4 is 17.2 Å². The van der Waals surface area contributed by atoms with E-state index in [1.165, 1.54) is 43.4 Å². The lowest BCUT2D eigenvalue weighted by Crippen LogP contribution is -2.34. The van der Waals surface area contributed by atoms with Gasteiger partial charge in [-0.15, -0.1) is 11.3 Å². The highest BCUT2D eigenvalue weighted by molar-refractivity contribution is 7.17. The molecule has 1 aliphatic rings. The zero-order chi connectivity index (χ0) is 16.9. The molecule has 5 nitrogen and oxygen atoms in total. The quantitative estimate of drug-likeness (QED) is 0.890. The van der Waals surface area contributed by atoms with Gasteiger partial charge in [-0.05, 0) is 32.3 Å². The molecule has 0 aliphatic heterocycles. The van der Waals surface area contributed by atoms with Crippen molar-refractivity contribution < 1.29 is 4.79 Å². The largest absolute Gasteiger partial charge is 0.349 e. The molecule has 1 aliphatic carbocycles. The Morgan fingerprint density at radius 1 is 1.29 bits per heavy atom. The van der Waals surface area contributed by atoms with Gasteiger partial charge in [0.25, 0.3) is 5.91 Å². The van der Waals surface area contributed by atoms with Crippen molar-refractivity contribution in [2.75, 3.05) is 0 Å². The number of hydrogen-bond donors (Lipinski definition) is 1. The lowest BCUT2D eigenvalue weighted by atomic mass is 9.85. The van der Waals surface area contributed by atoms with Crippen molar-refractivity contribution in [1.29, 1.82) is 0 Å². The maximum atomic E-state index is 12.6. The van der Waals surface area contributed by atoms with Crippen LogP contribution in [0.5, 0.6) is 0 Å². The molecule has 0 spiro atoms. The summed E-state index contributed by atoms with van der Waals surface area (Å²) in [6.07, 6.45) is 11.1. The van der Waals surface area contributed by atoms with Crippen LogP contribution in [-0.4, -0.2) is 26.9 Å². The lowest BCUT2D eigenvalue weighted by molar-refractivity contribution is 0.0936. The molecule has 128 valence electrons. The number of nitrogens with one attached hydrogen (secondary N) is 1. The SMILES string of the molecule is Cc1nc(-c2ncccn2)sc1C(=O)N[C@H](C)CC1CCCCC1. The summed E-state index contributed by atoms with van der Waals surface area (Å²) in [5.41, 5.74) is 0.741. The summed E-state index contributed by atoms with van der Waals surface area (Å²) >= 11 is 1.36. The summed E-state index contributed by atoms with van der Waals surface area (Å²) in [5.74, 6) is 1.29. The van der Waals surface area contributed by atoms with Crippen LogP contribution in [0, 0.1) is 12.8 Å². The summed E-state index contributed by atoms with van der Waals surface area (Å²) < 4.78 is 0. The van der Waals surface area contributed by atoms with Crippen molar-refractivity contribution in [3.8, 4) is 10.8 Å². The fourth-order valence-electron chi connectivity index (χ4n) is 3.38. The van der Waals surface area contributed by atoms with Crippen LogP contribution in [0.1, 0.15) is 60.8 Å². The second-order valence-electron chi connectivity index (χ2n) is 6.62.